The molecule has 0 saturated heterocycles. The van der Waals surface area contributed by atoms with Gasteiger partial charge in [0.05, 0.1) is 0 Å². The summed E-state index contributed by atoms with van der Waals surface area (Å²) in [5.74, 6) is 1.91. The Hall–Kier alpha value is -7.43. The predicted octanol–water partition coefficient (Wildman–Crippen LogP) is 13.6. The fraction of sp³-hybridized carbons (Fsp3) is 0. The molecule has 0 aliphatic rings. The lowest BCUT2D eigenvalue weighted by molar-refractivity contribution is 0.669. The van der Waals surface area contributed by atoms with Crippen molar-refractivity contribution in [1.29, 1.82) is 0 Å². The molecule has 0 radical (unpaired) electrons. The number of benzene rings is 9. The molecule has 2 aromatic heterocycles. The fourth-order valence-electron chi connectivity index (χ4n) is 8.01. The molecule has 0 fully saturated rings. The predicted molar refractivity (Wildman–Crippen MR) is 227 cm³/mol. The number of fused-ring (bicyclic) bond motifs is 7. The van der Waals surface area contributed by atoms with Crippen LogP contribution in [0.1, 0.15) is 0 Å². The van der Waals surface area contributed by atoms with Gasteiger partial charge in [-0.3, -0.25) is 0 Å². The molecule has 0 aliphatic carbocycles. The van der Waals surface area contributed by atoms with Crippen molar-refractivity contribution >= 4 is 54.3 Å². The largest absolute Gasteiger partial charge is 0.456 e. The number of hydrogen-bond donors (Lipinski definition) is 0. The fourth-order valence-corrected chi connectivity index (χ4v) is 8.01. The van der Waals surface area contributed by atoms with Crippen molar-refractivity contribution in [2.45, 2.75) is 0 Å². The van der Waals surface area contributed by atoms with E-state index >= 15 is 0 Å². The zero-order valence-corrected chi connectivity index (χ0v) is 29.6. The number of furan rings is 1. The Morgan fingerprint density at radius 2 is 0.927 bits per heavy atom. The molecule has 11 aromatic rings. The number of hydrogen-bond acceptors (Lipinski definition) is 4. The summed E-state index contributed by atoms with van der Waals surface area (Å²) in [4.78, 5) is 15.4. The topological polar surface area (TPSA) is 51.8 Å². The highest BCUT2D eigenvalue weighted by molar-refractivity contribution is 6.14. The van der Waals surface area contributed by atoms with Gasteiger partial charge in [-0.2, -0.15) is 0 Å². The zero-order valence-electron chi connectivity index (χ0n) is 29.6. The number of nitrogens with zero attached hydrogens (tertiary/aromatic N) is 3. The van der Waals surface area contributed by atoms with E-state index in [1.54, 1.807) is 0 Å². The minimum atomic E-state index is 0.629. The number of rotatable bonds is 5. The molecular formula is C51H31N3O. The molecule has 0 atom stereocenters. The molecule has 0 saturated carbocycles. The molecule has 2 heterocycles. The second kappa shape index (κ2) is 12.6. The van der Waals surface area contributed by atoms with Crippen molar-refractivity contribution < 1.29 is 4.42 Å². The molecule has 55 heavy (non-hydrogen) atoms. The lowest BCUT2D eigenvalue weighted by Gasteiger charge is -2.13. The smallest absolute Gasteiger partial charge is 0.164 e. The van der Waals surface area contributed by atoms with Gasteiger partial charge in [0, 0.05) is 27.5 Å². The van der Waals surface area contributed by atoms with Gasteiger partial charge in [-0.05, 0) is 91.0 Å². The van der Waals surface area contributed by atoms with Gasteiger partial charge in [0.25, 0.3) is 0 Å². The number of aromatic nitrogens is 3. The van der Waals surface area contributed by atoms with Gasteiger partial charge in [-0.15, -0.1) is 0 Å². The van der Waals surface area contributed by atoms with Crippen LogP contribution < -0.4 is 0 Å². The Kier molecular flexibility index (Phi) is 7.14. The Bertz CT molecular complexity index is 3260. The monoisotopic (exact) mass is 701 g/mol. The molecule has 11 rings (SSSR count). The second-order valence-electron chi connectivity index (χ2n) is 14.0. The molecule has 0 amide bonds. The maximum absolute atomic E-state index is 6.39. The highest BCUT2D eigenvalue weighted by Crippen LogP contribution is 2.40. The van der Waals surface area contributed by atoms with Crippen LogP contribution in [-0.4, -0.2) is 15.0 Å². The summed E-state index contributed by atoms with van der Waals surface area (Å²) in [5, 5.41) is 9.10. The Morgan fingerprint density at radius 1 is 0.291 bits per heavy atom. The molecular weight excluding hydrogens is 671 g/mol. The van der Waals surface area contributed by atoms with E-state index in [1.165, 1.54) is 16.3 Å². The van der Waals surface area contributed by atoms with Crippen molar-refractivity contribution in [3.05, 3.63) is 188 Å². The average molecular weight is 702 g/mol. The van der Waals surface area contributed by atoms with E-state index in [4.69, 9.17) is 19.4 Å². The lowest BCUT2D eigenvalue weighted by Crippen LogP contribution is -2.00. The van der Waals surface area contributed by atoms with E-state index in [1.807, 2.05) is 24.3 Å². The standard InChI is InChI=1S/C51H31N3O/c1-3-12-32(13-4-1)35-26-27-46-45(30-35)48-41(20-11-21-47(48)55-46)37-24-22-33-23-25-38(29-39(33)28-37)50-52-49(34-14-5-2-6-15-34)53-51(54-50)44-31-36-16-7-8-17-40(36)42-18-9-10-19-43(42)44/h1-31H. The van der Waals surface area contributed by atoms with E-state index in [9.17, 15) is 0 Å². The van der Waals surface area contributed by atoms with Crippen molar-refractivity contribution in [2.24, 2.45) is 0 Å². The highest BCUT2D eigenvalue weighted by atomic mass is 16.3. The van der Waals surface area contributed by atoms with Crippen molar-refractivity contribution in [1.82, 2.24) is 15.0 Å². The van der Waals surface area contributed by atoms with E-state index in [-0.39, 0.29) is 0 Å². The van der Waals surface area contributed by atoms with Gasteiger partial charge < -0.3 is 4.42 Å². The molecule has 0 N–H and O–H groups in total. The van der Waals surface area contributed by atoms with E-state index in [0.717, 1.165) is 76.9 Å². The maximum Gasteiger partial charge on any atom is 0.164 e. The van der Waals surface area contributed by atoms with E-state index in [2.05, 4.69) is 164 Å². The molecule has 9 aromatic carbocycles. The van der Waals surface area contributed by atoms with Gasteiger partial charge in [0.15, 0.2) is 17.5 Å². The van der Waals surface area contributed by atoms with Crippen LogP contribution in [0.3, 0.4) is 0 Å². The molecule has 256 valence electrons. The third-order valence-electron chi connectivity index (χ3n) is 10.7. The summed E-state index contributed by atoms with van der Waals surface area (Å²) in [5.41, 5.74) is 9.19. The molecule has 0 bridgehead atoms. The Morgan fingerprint density at radius 3 is 1.75 bits per heavy atom. The molecule has 4 nitrogen and oxygen atoms in total. The van der Waals surface area contributed by atoms with Gasteiger partial charge in [-0.1, -0.05) is 152 Å². The maximum atomic E-state index is 6.39. The summed E-state index contributed by atoms with van der Waals surface area (Å²) >= 11 is 0. The molecule has 0 spiro atoms. The quantitative estimate of drug-likeness (QED) is 0.168. The van der Waals surface area contributed by atoms with Crippen LogP contribution in [0.15, 0.2) is 192 Å². The summed E-state index contributed by atoms with van der Waals surface area (Å²) in [6.07, 6.45) is 0. The van der Waals surface area contributed by atoms with E-state index in [0.29, 0.717) is 17.5 Å². The van der Waals surface area contributed by atoms with Crippen LogP contribution in [0.4, 0.5) is 0 Å². The van der Waals surface area contributed by atoms with Crippen LogP contribution in [0.2, 0.25) is 0 Å². The lowest BCUT2D eigenvalue weighted by atomic mass is 9.95. The SMILES string of the molecule is c1ccc(-c2ccc3oc4cccc(-c5ccc6ccc(-c7nc(-c8ccccc8)nc(-c8cc9ccccc9c9ccccc89)n7)cc6c5)c4c3c2)cc1. The molecule has 4 heteroatoms. The third-order valence-corrected chi connectivity index (χ3v) is 10.7. The summed E-state index contributed by atoms with van der Waals surface area (Å²) in [6.45, 7) is 0. The van der Waals surface area contributed by atoms with Gasteiger partial charge >= 0.3 is 0 Å². The van der Waals surface area contributed by atoms with Crippen LogP contribution >= 0.6 is 0 Å². The van der Waals surface area contributed by atoms with Crippen molar-refractivity contribution in [3.63, 3.8) is 0 Å². The van der Waals surface area contributed by atoms with E-state index < -0.39 is 0 Å². The summed E-state index contributed by atoms with van der Waals surface area (Å²) < 4.78 is 6.39. The van der Waals surface area contributed by atoms with Gasteiger partial charge in [-0.25, -0.2) is 15.0 Å². The minimum absolute atomic E-state index is 0.629. The first-order valence-corrected chi connectivity index (χ1v) is 18.5. The van der Waals surface area contributed by atoms with Crippen molar-refractivity contribution in [3.8, 4) is 56.4 Å². The Labute approximate surface area is 317 Å². The van der Waals surface area contributed by atoms with Crippen LogP contribution in [0, 0.1) is 0 Å². The van der Waals surface area contributed by atoms with Crippen LogP contribution in [-0.2, 0) is 0 Å². The molecule has 0 aliphatic heterocycles. The third kappa shape index (κ3) is 5.34. The first-order chi connectivity index (χ1) is 27.2. The van der Waals surface area contributed by atoms with Crippen LogP contribution in [0.5, 0.6) is 0 Å². The minimum Gasteiger partial charge on any atom is -0.456 e. The van der Waals surface area contributed by atoms with Gasteiger partial charge in [0.1, 0.15) is 11.2 Å². The average Bonchev–Trinajstić information content (AvgIpc) is 3.64. The first kappa shape index (κ1) is 31.1. The van der Waals surface area contributed by atoms with Crippen LogP contribution in [0.25, 0.3) is 111 Å². The Balaban J connectivity index is 1.08. The van der Waals surface area contributed by atoms with Gasteiger partial charge in [0.2, 0.25) is 0 Å². The highest BCUT2D eigenvalue weighted by Gasteiger charge is 2.18. The zero-order chi connectivity index (χ0) is 36.3. The normalized spacial score (nSPS) is 11.6. The molecule has 0 unspecified atom stereocenters. The summed E-state index contributed by atoms with van der Waals surface area (Å²) in [6, 6.07) is 65.8. The van der Waals surface area contributed by atoms with Crippen molar-refractivity contribution in [2.75, 3.05) is 0 Å². The second-order valence-corrected chi connectivity index (χ2v) is 14.0. The first-order valence-electron chi connectivity index (χ1n) is 18.5. The summed E-state index contributed by atoms with van der Waals surface area (Å²) in [7, 11) is 0.